The lowest BCUT2D eigenvalue weighted by Gasteiger charge is -2.16. The number of carbonyl (C=O) groups excluding carboxylic acids is 1. The Morgan fingerprint density at radius 1 is 1.63 bits per heavy atom. The van der Waals surface area contributed by atoms with E-state index >= 15 is 0 Å². The molecule has 0 aliphatic carbocycles. The molecule has 0 amide bonds. The Labute approximate surface area is 112 Å². The first-order valence-electron chi connectivity index (χ1n) is 6.50. The second-order valence-electron chi connectivity index (χ2n) is 4.75. The minimum atomic E-state index is -0.245. The first-order valence-corrected chi connectivity index (χ1v) is 6.50. The van der Waals surface area contributed by atoms with Gasteiger partial charge >= 0.3 is 0 Å². The Hall–Kier alpha value is -1.69. The summed E-state index contributed by atoms with van der Waals surface area (Å²) in [6.07, 6.45) is 2.35. The lowest BCUT2D eigenvalue weighted by Crippen LogP contribution is -2.30. The van der Waals surface area contributed by atoms with E-state index in [1.54, 1.807) is 6.20 Å². The van der Waals surface area contributed by atoms with Crippen LogP contribution in [0.4, 0.5) is 5.69 Å². The predicted octanol–water partition coefficient (Wildman–Crippen LogP) is 0.305. The summed E-state index contributed by atoms with van der Waals surface area (Å²) in [5, 5.41) is 4.06. The topological polar surface area (TPSA) is 64.4 Å². The van der Waals surface area contributed by atoms with Crippen LogP contribution in [0.3, 0.4) is 0 Å². The van der Waals surface area contributed by atoms with Gasteiger partial charge in [-0.05, 0) is 13.3 Å². The van der Waals surface area contributed by atoms with Gasteiger partial charge in [-0.2, -0.15) is 5.10 Å². The third-order valence-electron chi connectivity index (χ3n) is 3.46. The van der Waals surface area contributed by atoms with Gasteiger partial charge in [0.2, 0.25) is 0 Å². The van der Waals surface area contributed by atoms with Crippen LogP contribution < -0.4 is 10.5 Å². The molecule has 2 heterocycles. The van der Waals surface area contributed by atoms with E-state index in [4.69, 9.17) is 4.74 Å². The maximum absolute atomic E-state index is 12.0. The Kier molecular flexibility index (Phi) is 4.31. The molecule has 104 valence electrons. The molecule has 1 atom stereocenters. The van der Waals surface area contributed by atoms with E-state index in [2.05, 4.69) is 5.10 Å². The molecule has 0 spiro atoms. The zero-order valence-electron chi connectivity index (χ0n) is 11.3. The summed E-state index contributed by atoms with van der Waals surface area (Å²) in [5.41, 5.74) is 0.519. The number of ketones is 1. The number of ether oxygens (including phenoxy) is 1. The van der Waals surface area contributed by atoms with Crippen LogP contribution >= 0.6 is 0 Å². The number of aromatic nitrogens is 2. The lowest BCUT2D eigenvalue weighted by atomic mass is 10.0. The van der Waals surface area contributed by atoms with Crippen LogP contribution in [0, 0.1) is 5.92 Å². The van der Waals surface area contributed by atoms with Gasteiger partial charge in [-0.1, -0.05) is 0 Å². The van der Waals surface area contributed by atoms with Gasteiger partial charge in [0, 0.05) is 32.2 Å². The van der Waals surface area contributed by atoms with Gasteiger partial charge in [0.1, 0.15) is 6.54 Å². The highest BCUT2D eigenvalue weighted by Gasteiger charge is 2.24. The molecule has 1 saturated heterocycles. The van der Waals surface area contributed by atoms with Crippen LogP contribution in [0.1, 0.15) is 13.3 Å². The molecule has 6 heteroatoms. The maximum atomic E-state index is 12.0. The van der Waals surface area contributed by atoms with Crippen molar-refractivity contribution in [2.24, 2.45) is 5.92 Å². The van der Waals surface area contributed by atoms with Crippen molar-refractivity contribution in [1.29, 1.82) is 0 Å². The summed E-state index contributed by atoms with van der Waals surface area (Å²) < 4.78 is 6.39. The molecule has 19 heavy (non-hydrogen) atoms. The summed E-state index contributed by atoms with van der Waals surface area (Å²) in [5.74, 6) is -0.0737. The van der Waals surface area contributed by atoms with Gasteiger partial charge in [0.15, 0.2) is 5.78 Å². The van der Waals surface area contributed by atoms with Crippen LogP contribution in [0.5, 0.6) is 0 Å². The van der Waals surface area contributed by atoms with E-state index in [0.29, 0.717) is 13.2 Å². The molecule has 1 aliphatic heterocycles. The van der Waals surface area contributed by atoms with Crippen molar-refractivity contribution in [1.82, 2.24) is 9.78 Å². The molecule has 6 nitrogen and oxygen atoms in total. The first kappa shape index (κ1) is 13.7. The Morgan fingerprint density at radius 3 is 3.00 bits per heavy atom. The molecule has 1 fully saturated rings. The van der Waals surface area contributed by atoms with E-state index in [-0.39, 0.29) is 23.8 Å². The fourth-order valence-corrected chi connectivity index (χ4v) is 2.00. The van der Waals surface area contributed by atoms with Crippen molar-refractivity contribution in [3.05, 3.63) is 22.6 Å². The van der Waals surface area contributed by atoms with E-state index < -0.39 is 0 Å². The van der Waals surface area contributed by atoms with Gasteiger partial charge < -0.3 is 9.64 Å². The van der Waals surface area contributed by atoms with Gasteiger partial charge in [-0.3, -0.25) is 9.59 Å². The highest BCUT2D eigenvalue weighted by molar-refractivity contribution is 5.81. The number of nitrogens with zero attached hydrogens (tertiary/aromatic N) is 3. The number of carbonyl (C=O) groups is 1. The average molecular weight is 265 g/mol. The molecule has 0 radical (unpaired) electrons. The fourth-order valence-electron chi connectivity index (χ4n) is 2.00. The van der Waals surface area contributed by atoms with Gasteiger partial charge in [0.25, 0.3) is 5.56 Å². The average Bonchev–Trinajstić information content (AvgIpc) is 2.94. The molecule has 2 rings (SSSR count). The minimum Gasteiger partial charge on any atom is -0.381 e. The van der Waals surface area contributed by atoms with Crippen molar-refractivity contribution in [2.45, 2.75) is 19.9 Å². The third kappa shape index (κ3) is 3.20. The fraction of sp³-hybridized carbons (Fsp3) is 0.615. The van der Waals surface area contributed by atoms with Gasteiger partial charge in [-0.25, -0.2) is 4.68 Å². The summed E-state index contributed by atoms with van der Waals surface area (Å²) in [4.78, 5) is 25.8. The van der Waals surface area contributed by atoms with Crippen LogP contribution in [0.2, 0.25) is 0 Å². The van der Waals surface area contributed by atoms with Crippen molar-refractivity contribution in [3.63, 3.8) is 0 Å². The minimum absolute atomic E-state index is 0.0173. The molecule has 0 saturated carbocycles. The Balaban J connectivity index is 2.08. The van der Waals surface area contributed by atoms with E-state index in [0.717, 1.165) is 18.7 Å². The molecule has 1 aromatic heterocycles. The van der Waals surface area contributed by atoms with Crippen LogP contribution in [-0.2, 0) is 16.1 Å². The van der Waals surface area contributed by atoms with E-state index in [1.165, 1.54) is 10.7 Å². The van der Waals surface area contributed by atoms with E-state index in [1.807, 2.05) is 18.9 Å². The number of hydrogen-bond acceptors (Lipinski definition) is 5. The van der Waals surface area contributed by atoms with Gasteiger partial charge in [-0.15, -0.1) is 0 Å². The summed E-state index contributed by atoms with van der Waals surface area (Å²) in [6, 6.07) is 1.51. The Morgan fingerprint density at radius 2 is 2.42 bits per heavy atom. The summed E-state index contributed by atoms with van der Waals surface area (Å²) >= 11 is 0. The second kappa shape index (κ2) is 5.97. The zero-order chi connectivity index (χ0) is 13.8. The number of Topliss-reactive ketones (excluding diaryl/α,β-unsaturated/α-hetero) is 1. The highest BCUT2D eigenvalue weighted by atomic mass is 16.5. The number of rotatable bonds is 5. The van der Waals surface area contributed by atoms with Crippen LogP contribution in [-0.4, -0.2) is 42.4 Å². The van der Waals surface area contributed by atoms with Crippen molar-refractivity contribution < 1.29 is 9.53 Å². The molecule has 0 N–H and O–H groups in total. The summed E-state index contributed by atoms with van der Waals surface area (Å²) in [7, 11) is 1.89. The van der Waals surface area contributed by atoms with Crippen molar-refractivity contribution >= 4 is 11.5 Å². The van der Waals surface area contributed by atoms with Crippen molar-refractivity contribution in [3.8, 4) is 0 Å². The van der Waals surface area contributed by atoms with E-state index in [9.17, 15) is 9.59 Å². The number of hydrogen-bond donors (Lipinski definition) is 0. The normalized spacial score (nSPS) is 18.5. The molecule has 1 unspecified atom stereocenters. The second-order valence-corrected chi connectivity index (χ2v) is 4.75. The van der Waals surface area contributed by atoms with Crippen LogP contribution in [0.15, 0.2) is 17.1 Å². The number of anilines is 1. The smallest absolute Gasteiger partial charge is 0.269 e. The zero-order valence-corrected chi connectivity index (χ0v) is 11.3. The molecule has 0 bridgehead atoms. The first-order chi connectivity index (χ1) is 9.11. The monoisotopic (exact) mass is 265 g/mol. The summed E-state index contributed by atoms with van der Waals surface area (Å²) in [6.45, 7) is 3.91. The molecular formula is C13H19N3O3. The molecular weight excluding hydrogens is 246 g/mol. The standard InChI is InChI=1S/C13H19N3O3/c1-3-15(2)11-6-13(18)16(14-7-11)8-12(17)10-4-5-19-9-10/h6-7,10H,3-5,8-9H2,1-2H3. The third-order valence-corrected chi connectivity index (χ3v) is 3.46. The van der Waals surface area contributed by atoms with Crippen LogP contribution in [0.25, 0.3) is 0 Å². The molecule has 0 aromatic carbocycles. The Bertz CT molecular complexity index is 506. The SMILES string of the molecule is CCN(C)c1cnn(CC(=O)C2CCOC2)c(=O)c1. The largest absolute Gasteiger partial charge is 0.381 e. The molecule has 1 aliphatic rings. The van der Waals surface area contributed by atoms with Crippen molar-refractivity contribution in [2.75, 3.05) is 31.7 Å². The maximum Gasteiger partial charge on any atom is 0.269 e. The highest BCUT2D eigenvalue weighted by Crippen LogP contribution is 2.14. The lowest BCUT2D eigenvalue weighted by molar-refractivity contribution is -0.123. The molecule has 1 aromatic rings. The van der Waals surface area contributed by atoms with Gasteiger partial charge in [0.05, 0.1) is 18.5 Å². The predicted molar refractivity (Wildman–Crippen MR) is 71.4 cm³/mol. The quantitative estimate of drug-likeness (QED) is 0.766.